The van der Waals surface area contributed by atoms with Crippen LogP contribution in [0, 0.1) is 0 Å². The predicted molar refractivity (Wildman–Crippen MR) is 125 cm³/mol. The molecule has 1 unspecified atom stereocenters. The van der Waals surface area contributed by atoms with Crippen LogP contribution in [0.15, 0.2) is 65.3 Å². The third-order valence-corrected chi connectivity index (χ3v) is 6.23. The molecule has 1 N–H and O–H groups in total. The zero-order valence-corrected chi connectivity index (χ0v) is 19.3. The molecule has 1 aliphatic rings. The number of fused-ring (bicyclic) bond motifs is 1. The number of carbonyl (C=O) groups is 3. The first-order valence-corrected chi connectivity index (χ1v) is 11.0. The SMILES string of the molecule is CN(CC(=O)Nc1ccc(Cl)c(Cl)c1)C(=O)C1Cc2ccccc2CN1C(=O)c1ccco1. The van der Waals surface area contributed by atoms with E-state index in [1.54, 1.807) is 24.3 Å². The van der Waals surface area contributed by atoms with Gasteiger partial charge in [-0.05, 0) is 41.5 Å². The molecule has 4 rings (SSSR count). The van der Waals surface area contributed by atoms with Crippen molar-refractivity contribution in [3.63, 3.8) is 0 Å². The van der Waals surface area contributed by atoms with Crippen molar-refractivity contribution in [1.82, 2.24) is 9.80 Å². The van der Waals surface area contributed by atoms with Crippen LogP contribution in [0.5, 0.6) is 0 Å². The van der Waals surface area contributed by atoms with Crippen molar-refractivity contribution in [2.24, 2.45) is 0 Å². The van der Waals surface area contributed by atoms with Gasteiger partial charge in [0.1, 0.15) is 6.04 Å². The van der Waals surface area contributed by atoms with Gasteiger partial charge in [-0.3, -0.25) is 14.4 Å². The second-order valence-corrected chi connectivity index (χ2v) is 8.58. The Morgan fingerprint density at radius 3 is 2.52 bits per heavy atom. The summed E-state index contributed by atoms with van der Waals surface area (Å²) in [6, 6.07) is 14.8. The van der Waals surface area contributed by atoms with Gasteiger partial charge < -0.3 is 19.5 Å². The number of furan rings is 1. The van der Waals surface area contributed by atoms with Crippen molar-refractivity contribution in [3.8, 4) is 0 Å². The number of amides is 3. The quantitative estimate of drug-likeness (QED) is 0.585. The molecule has 170 valence electrons. The van der Waals surface area contributed by atoms with Gasteiger partial charge in [-0.15, -0.1) is 0 Å². The Hall–Kier alpha value is -3.29. The molecule has 2 heterocycles. The maximum Gasteiger partial charge on any atom is 0.290 e. The fraction of sp³-hybridized carbons (Fsp3) is 0.208. The standard InChI is InChI=1S/C24H21Cl2N3O4/c1-28(14-22(30)27-17-8-9-18(25)19(26)12-17)23(31)20-11-15-5-2-3-6-16(15)13-29(20)24(32)21-7-4-10-33-21/h2-10,12,20H,11,13-14H2,1H3,(H,27,30). The number of hydrogen-bond donors (Lipinski definition) is 1. The highest BCUT2D eigenvalue weighted by atomic mass is 35.5. The Morgan fingerprint density at radius 1 is 1.06 bits per heavy atom. The normalized spacial score (nSPS) is 15.0. The van der Waals surface area contributed by atoms with Gasteiger partial charge >= 0.3 is 0 Å². The number of likely N-dealkylation sites (N-methyl/N-ethyl adjacent to an activating group) is 1. The first-order chi connectivity index (χ1) is 15.8. The summed E-state index contributed by atoms with van der Waals surface area (Å²) >= 11 is 11.9. The van der Waals surface area contributed by atoms with Gasteiger partial charge in [-0.1, -0.05) is 47.5 Å². The second-order valence-electron chi connectivity index (χ2n) is 7.77. The molecule has 0 fully saturated rings. The van der Waals surface area contributed by atoms with Gasteiger partial charge in [-0.2, -0.15) is 0 Å². The molecule has 0 saturated carbocycles. The molecule has 7 nitrogen and oxygen atoms in total. The molecule has 1 aromatic heterocycles. The lowest BCUT2D eigenvalue weighted by atomic mass is 9.93. The molecule has 9 heteroatoms. The van der Waals surface area contributed by atoms with Crippen molar-refractivity contribution in [2.75, 3.05) is 18.9 Å². The van der Waals surface area contributed by atoms with Crippen molar-refractivity contribution < 1.29 is 18.8 Å². The molecule has 1 atom stereocenters. The topological polar surface area (TPSA) is 82.9 Å². The van der Waals surface area contributed by atoms with Gasteiger partial charge in [0.2, 0.25) is 11.8 Å². The smallest absolute Gasteiger partial charge is 0.290 e. The molecule has 0 saturated heterocycles. The molecular formula is C24H21Cl2N3O4. The molecule has 3 aromatic rings. The zero-order valence-electron chi connectivity index (χ0n) is 17.8. The van der Waals surface area contributed by atoms with Gasteiger partial charge in [0.05, 0.1) is 22.9 Å². The number of halogens is 2. The first kappa shape index (κ1) is 22.9. The van der Waals surface area contributed by atoms with Crippen molar-refractivity contribution in [2.45, 2.75) is 19.0 Å². The molecule has 3 amide bonds. The van der Waals surface area contributed by atoms with Gasteiger partial charge in [0.25, 0.3) is 5.91 Å². The van der Waals surface area contributed by atoms with Crippen molar-refractivity contribution in [3.05, 3.63) is 87.8 Å². The average molecular weight is 486 g/mol. The van der Waals surface area contributed by atoms with Crippen LogP contribution in [0.1, 0.15) is 21.7 Å². The summed E-state index contributed by atoms with van der Waals surface area (Å²) in [5, 5.41) is 3.39. The van der Waals surface area contributed by atoms with Gasteiger partial charge in [-0.25, -0.2) is 0 Å². The van der Waals surface area contributed by atoms with Crippen LogP contribution in [0.2, 0.25) is 10.0 Å². The fourth-order valence-corrected chi connectivity index (χ4v) is 4.12. The number of nitrogens with one attached hydrogen (secondary N) is 1. The number of rotatable bonds is 5. The van der Waals surface area contributed by atoms with E-state index in [4.69, 9.17) is 27.6 Å². The largest absolute Gasteiger partial charge is 0.459 e. The average Bonchev–Trinajstić information content (AvgIpc) is 3.34. The van der Waals surface area contributed by atoms with Gasteiger partial charge in [0.15, 0.2) is 5.76 Å². The second kappa shape index (κ2) is 9.68. The molecule has 33 heavy (non-hydrogen) atoms. The summed E-state index contributed by atoms with van der Waals surface area (Å²) in [6.07, 6.45) is 1.77. The Labute approximate surface area is 200 Å². The van der Waals surface area contributed by atoms with Gasteiger partial charge in [0, 0.05) is 25.7 Å². The van der Waals surface area contributed by atoms with E-state index in [1.807, 2.05) is 24.3 Å². The summed E-state index contributed by atoms with van der Waals surface area (Å²) < 4.78 is 5.27. The number of carbonyl (C=O) groups excluding carboxylic acids is 3. The Bertz CT molecular complexity index is 1200. The van der Waals surface area contributed by atoms with Crippen LogP contribution in [0.4, 0.5) is 5.69 Å². The first-order valence-electron chi connectivity index (χ1n) is 10.2. The maximum absolute atomic E-state index is 13.4. The monoisotopic (exact) mass is 485 g/mol. The fourth-order valence-electron chi connectivity index (χ4n) is 3.82. The minimum absolute atomic E-state index is 0.159. The Balaban J connectivity index is 1.50. The number of hydrogen-bond acceptors (Lipinski definition) is 4. The third-order valence-electron chi connectivity index (χ3n) is 5.49. The van der Waals surface area contributed by atoms with Crippen LogP contribution < -0.4 is 5.32 Å². The molecule has 0 spiro atoms. The van der Waals surface area contributed by atoms with E-state index in [0.717, 1.165) is 11.1 Å². The highest BCUT2D eigenvalue weighted by Gasteiger charge is 2.37. The minimum atomic E-state index is -0.764. The minimum Gasteiger partial charge on any atom is -0.459 e. The number of anilines is 1. The number of nitrogens with zero attached hydrogens (tertiary/aromatic N) is 2. The van der Waals surface area contributed by atoms with E-state index in [9.17, 15) is 14.4 Å². The number of benzene rings is 2. The summed E-state index contributed by atoms with van der Waals surface area (Å²) in [5.41, 5.74) is 2.44. The lowest BCUT2D eigenvalue weighted by molar-refractivity contribution is -0.137. The van der Waals surface area contributed by atoms with E-state index in [1.165, 1.54) is 29.2 Å². The molecular weight excluding hydrogens is 465 g/mol. The Morgan fingerprint density at radius 2 is 1.82 bits per heavy atom. The van der Waals surface area contributed by atoms with E-state index in [2.05, 4.69) is 5.32 Å². The summed E-state index contributed by atoms with van der Waals surface area (Å²) in [6.45, 7) is 0.0788. The summed E-state index contributed by atoms with van der Waals surface area (Å²) in [4.78, 5) is 41.8. The summed E-state index contributed by atoms with van der Waals surface area (Å²) in [5.74, 6) is -0.952. The predicted octanol–water partition coefficient (Wildman–Crippen LogP) is 4.25. The third kappa shape index (κ3) is 5.05. The zero-order chi connectivity index (χ0) is 23.5. The highest BCUT2D eigenvalue weighted by Crippen LogP contribution is 2.27. The van der Waals surface area contributed by atoms with Crippen molar-refractivity contribution >= 4 is 46.6 Å². The van der Waals surface area contributed by atoms with E-state index < -0.39 is 11.9 Å². The van der Waals surface area contributed by atoms with Crippen molar-refractivity contribution in [1.29, 1.82) is 0 Å². The molecule has 0 radical (unpaired) electrons. The van der Waals surface area contributed by atoms with Crippen LogP contribution >= 0.6 is 23.2 Å². The van der Waals surface area contributed by atoms with E-state index in [0.29, 0.717) is 22.2 Å². The van der Waals surface area contributed by atoms with Crippen LogP contribution in [-0.4, -0.2) is 47.2 Å². The molecule has 0 aliphatic carbocycles. The van der Waals surface area contributed by atoms with E-state index >= 15 is 0 Å². The highest BCUT2D eigenvalue weighted by molar-refractivity contribution is 6.42. The maximum atomic E-state index is 13.4. The lowest BCUT2D eigenvalue weighted by Crippen LogP contribution is -2.53. The van der Waals surface area contributed by atoms with E-state index in [-0.39, 0.29) is 30.7 Å². The molecule has 2 aromatic carbocycles. The lowest BCUT2D eigenvalue weighted by Gasteiger charge is -2.37. The molecule has 1 aliphatic heterocycles. The van der Waals surface area contributed by atoms with Crippen LogP contribution in [0.3, 0.4) is 0 Å². The molecule has 0 bridgehead atoms. The summed E-state index contributed by atoms with van der Waals surface area (Å²) in [7, 11) is 1.53. The Kier molecular flexibility index (Phi) is 6.72. The van der Waals surface area contributed by atoms with Crippen LogP contribution in [0.25, 0.3) is 0 Å². The van der Waals surface area contributed by atoms with Crippen LogP contribution in [-0.2, 0) is 22.6 Å².